The molecule has 0 atom stereocenters. The Morgan fingerprint density at radius 3 is 0.821 bits per heavy atom. The highest BCUT2D eigenvalue weighted by Gasteiger charge is 2.10. The van der Waals surface area contributed by atoms with Crippen LogP contribution in [0, 0.1) is 0 Å². The summed E-state index contributed by atoms with van der Waals surface area (Å²) in [7, 11) is 6.55. The van der Waals surface area contributed by atoms with Crippen molar-refractivity contribution in [3.05, 3.63) is 83.9 Å². The first kappa shape index (κ1) is 20.2. The van der Waals surface area contributed by atoms with Crippen LogP contribution in [0.3, 0.4) is 0 Å². The summed E-state index contributed by atoms with van der Waals surface area (Å²) in [5.74, 6) is 0. The van der Waals surface area contributed by atoms with E-state index in [-0.39, 0.29) is 12.6 Å². The van der Waals surface area contributed by atoms with Gasteiger partial charge in [-0.25, -0.2) is 0 Å². The van der Waals surface area contributed by atoms with E-state index in [9.17, 15) is 0 Å². The van der Waals surface area contributed by atoms with Crippen molar-refractivity contribution in [1.29, 1.82) is 0 Å². The van der Waals surface area contributed by atoms with Crippen molar-refractivity contribution in [3.63, 3.8) is 0 Å². The molecule has 0 heterocycles. The van der Waals surface area contributed by atoms with Crippen molar-refractivity contribution in [1.82, 2.24) is 0 Å². The second-order valence-corrected chi connectivity index (χ2v) is 6.43. The molecule has 0 aliphatic heterocycles. The molecule has 0 aliphatic rings. The van der Waals surface area contributed by atoms with Crippen LogP contribution in [-0.2, 0) is 18.9 Å². The Morgan fingerprint density at radius 1 is 0.393 bits per heavy atom. The molecule has 0 bridgehead atoms. The normalized spacial score (nSPS) is 11.4. The molecule has 4 nitrogen and oxygen atoms in total. The van der Waals surface area contributed by atoms with E-state index in [4.69, 9.17) is 18.9 Å². The van der Waals surface area contributed by atoms with Crippen LogP contribution in [0.15, 0.2) is 72.8 Å². The molecule has 0 unspecified atom stereocenters. The van der Waals surface area contributed by atoms with Gasteiger partial charge in [0.25, 0.3) is 0 Å². The van der Waals surface area contributed by atoms with Gasteiger partial charge in [-0.05, 0) is 22.3 Å². The molecular formula is C24H26O4. The average Bonchev–Trinajstić information content (AvgIpc) is 2.77. The number of ether oxygens (including phenoxy) is 4. The van der Waals surface area contributed by atoms with Gasteiger partial charge in [0, 0.05) is 39.6 Å². The van der Waals surface area contributed by atoms with E-state index >= 15 is 0 Å². The van der Waals surface area contributed by atoms with E-state index < -0.39 is 0 Å². The van der Waals surface area contributed by atoms with Crippen molar-refractivity contribution in [2.24, 2.45) is 0 Å². The fourth-order valence-electron chi connectivity index (χ4n) is 3.26. The summed E-state index contributed by atoms with van der Waals surface area (Å²) >= 11 is 0. The summed E-state index contributed by atoms with van der Waals surface area (Å²) in [6.45, 7) is 0. The number of benzene rings is 3. The SMILES string of the molecule is COC(OC)c1ccc(-c2ccc(-c3ccc(C(OC)OC)cc3)cc2)cc1. The lowest BCUT2D eigenvalue weighted by Gasteiger charge is -2.14. The topological polar surface area (TPSA) is 36.9 Å². The van der Waals surface area contributed by atoms with E-state index in [1.165, 1.54) is 0 Å². The molecule has 0 radical (unpaired) electrons. The van der Waals surface area contributed by atoms with Gasteiger partial charge in [-0.2, -0.15) is 0 Å². The van der Waals surface area contributed by atoms with Gasteiger partial charge in [0.2, 0.25) is 0 Å². The van der Waals surface area contributed by atoms with E-state index in [0.717, 1.165) is 33.4 Å². The summed E-state index contributed by atoms with van der Waals surface area (Å²) in [4.78, 5) is 0. The maximum Gasteiger partial charge on any atom is 0.183 e. The molecule has 4 heteroatoms. The van der Waals surface area contributed by atoms with Gasteiger partial charge in [-0.1, -0.05) is 72.8 Å². The fraction of sp³-hybridized carbons (Fsp3) is 0.250. The molecule has 3 rings (SSSR count). The Morgan fingerprint density at radius 2 is 0.607 bits per heavy atom. The number of hydrogen-bond donors (Lipinski definition) is 0. The van der Waals surface area contributed by atoms with Crippen LogP contribution >= 0.6 is 0 Å². The van der Waals surface area contributed by atoms with Crippen molar-refractivity contribution in [2.45, 2.75) is 12.6 Å². The Labute approximate surface area is 166 Å². The van der Waals surface area contributed by atoms with Crippen LogP contribution in [0.4, 0.5) is 0 Å². The van der Waals surface area contributed by atoms with Crippen LogP contribution in [0.2, 0.25) is 0 Å². The number of rotatable bonds is 8. The lowest BCUT2D eigenvalue weighted by atomic mass is 9.99. The minimum atomic E-state index is -0.338. The molecule has 0 fully saturated rings. The highest BCUT2D eigenvalue weighted by molar-refractivity contribution is 5.70. The van der Waals surface area contributed by atoms with Gasteiger partial charge in [-0.15, -0.1) is 0 Å². The van der Waals surface area contributed by atoms with Crippen LogP contribution in [0.5, 0.6) is 0 Å². The molecule has 146 valence electrons. The zero-order chi connectivity index (χ0) is 19.9. The highest BCUT2D eigenvalue weighted by atomic mass is 16.7. The first-order valence-electron chi connectivity index (χ1n) is 9.12. The van der Waals surface area contributed by atoms with E-state index in [1.807, 2.05) is 24.3 Å². The monoisotopic (exact) mass is 378 g/mol. The quantitative estimate of drug-likeness (QED) is 0.478. The van der Waals surface area contributed by atoms with Gasteiger partial charge >= 0.3 is 0 Å². The summed E-state index contributed by atoms with van der Waals surface area (Å²) in [6.07, 6.45) is -0.676. The summed E-state index contributed by atoms with van der Waals surface area (Å²) < 4.78 is 21.2. The second kappa shape index (κ2) is 9.62. The van der Waals surface area contributed by atoms with Gasteiger partial charge in [-0.3, -0.25) is 0 Å². The van der Waals surface area contributed by atoms with E-state index in [0.29, 0.717) is 0 Å². The predicted octanol–water partition coefficient (Wildman–Crippen LogP) is 5.60. The minimum Gasteiger partial charge on any atom is -0.352 e. The van der Waals surface area contributed by atoms with Crippen LogP contribution < -0.4 is 0 Å². The summed E-state index contributed by atoms with van der Waals surface area (Å²) in [5.41, 5.74) is 6.63. The second-order valence-electron chi connectivity index (χ2n) is 6.43. The Kier molecular flexibility index (Phi) is 6.95. The van der Waals surface area contributed by atoms with Crippen LogP contribution in [0.1, 0.15) is 23.7 Å². The third-order valence-corrected chi connectivity index (χ3v) is 4.77. The molecule has 0 aliphatic carbocycles. The van der Waals surface area contributed by atoms with Gasteiger partial charge < -0.3 is 18.9 Å². The highest BCUT2D eigenvalue weighted by Crippen LogP contribution is 2.28. The minimum absolute atomic E-state index is 0.338. The van der Waals surface area contributed by atoms with E-state index in [1.54, 1.807) is 28.4 Å². The molecular weight excluding hydrogens is 352 g/mol. The molecule has 0 saturated carbocycles. The van der Waals surface area contributed by atoms with Crippen molar-refractivity contribution >= 4 is 0 Å². The fourth-order valence-corrected chi connectivity index (χ4v) is 3.26. The Hall–Kier alpha value is -2.50. The molecule has 0 saturated heterocycles. The number of hydrogen-bond acceptors (Lipinski definition) is 4. The first-order valence-corrected chi connectivity index (χ1v) is 9.12. The smallest absolute Gasteiger partial charge is 0.183 e. The van der Waals surface area contributed by atoms with Gasteiger partial charge in [0.05, 0.1) is 0 Å². The maximum atomic E-state index is 5.30. The largest absolute Gasteiger partial charge is 0.352 e. The summed E-state index contributed by atoms with van der Waals surface area (Å²) in [6, 6.07) is 25.0. The van der Waals surface area contributed by atoms with Crippen molar-refractivity contribution in [2.75, 3.05) is 28.4 Å². The van der Waals surface area contributed by atoms with Crippen molar-refractivity contribution in [3.8, 4) is 22.3 Å². The van der Waals surface area contributed by atoms with Gasteiger partial charge in [0.1, 0.15) is 0 Å². The molecule has 0 aromatic heterocycles. The molecule has 3 aromatic carbocycles. The maximum absolute atomic E-state index is 5.30. The first-order chi connectivity index (χ1) is 13.7. The molecule has 0 spiro atoms. The standard InChI is InChI=1S/C24H26O4/c1-25-23(26-2)21-13-9-19(10-14-21)17-5-7-18(8-6-17)20-11-15-22(16-12-20)24(27-3)28-4/h5-16,23-24H,1-4H3. The molecule has 28 heavy (non-hydrogen) atoms. The summed E-state index contributed by atoms with van der Waals surface area (Å²) in [5, 5.41) is 0. The third kappa shape index (κ3) is 4.49. The van der Waals surface area contributed by atoms with Crippen LogP contribution in [0.25, 0.3) is 22.3 Å². The zero-order valence-corrected chi connectivity index (χ0v) is 16.7. The Bertz CT molecular complexity index is 772. The lowest BCUT2D eigenvalue weighted by molar-refractivity contribution is -0.106. The van der Waals surface area contributed by atoms with Crippen LogP contribution in [-0.4, -0.2) is 28.4 Å². The number of methoxy groups -OCH3 is 4. The average molecular weight is 378 g/mol. The lowest BCUT2D eigenvalue weighted by Crippen LogP contribution is -2.03. The van der Waals surface area contributed by atoms with Crippen molar-refractivity contribution < 1.29 is 18.9 Å². The molecule has 0 amide bonds. The predicted molar refractivity (Wildman–Crippen MR) is 111 cm³/mol. The van der Waals surface area contributed by atoms with E-state index in [2.05, 4.69) is 48.5 Å². The molecule has 3 aromatic rings. The Balaban J connectivity index is 1.76. The third-order valence-electron chi connectivity index (χ3n) is 4.77. The molecule has 0 N–H and O–H groups in total. The zero-order valence-electron chi connectivity index (χ0n) is 16.7. The van der Waals surface area contributed by atoms with Gasteiger partial charge in [0.15, 0.2) is 12.6 Å².